The average Bonchev–Trinajstić information content (AvgIpc) is 3.41. The third-order valence-corrected chi connectivity index (χ3v) is 7.02. The molecular formula is C24H27FN8O. The van der Waals surface area contributed by atoms with E-state index in [0.717, 1.165) is 54.3 Å². The van der Waals surface area contributed by atoms with Crippen LogP contribution in [0.3, 0.4) is 0 Å². The van der Waals surface area contributed by atoms with Gasteiger partial charge in [0, 0.05) is 43.4 Å². The summed E-state index contributed by atoms with van der Waals surface area (Å²) in [6.07, 6.45) is 7.29. The lowest BCUT2D eigenvalue weighted by Gasteiger charge is -2.19. The van der Waals surface area contributed by atoms with Crippen LogP contribution in [-0.4, -0.2) is 51.1 Å². The lowest BCUT2D eigenvalue weighted by molar-refractivity contribution is 0.438. The van der Waals surface area contributed by atoms with E-state index in [4.69, 9.17) is 15.5 Å². The lowest BCUT2D eigenvalue weighted by Crippen LogP contribution is -2.30. The van der Waals surface area contributed by atoms with Gasteiger partial charge in [0.2, 0.25) is 0 Å². The first kappa shape index (κ1) is 21.0. The molecule has 0 radical (unpaired) electrons. The Morgan fingerprint density at radius 2 is 2.06 bits per heavy atom. The molecule has 176 valence electrons. The van der Waals surface area contributed by atoms with E-state index in [1.807, 2.05) is 0 Å². The normalized spacial score (nSPS) is 18.8. The predicted octanol–water partition coefficient (Wildman–Crippen LogP) is 3.75. The molecule has 1 spiro atoms. The zero-order valence-corrected chi connectivity index (χ0v) is 19.2. The molecule has 1 saturated carbocycles. The van der Waals surface area contributed by atoms with Crippen LogP contribution in [0, 0.1) is 11.2 Å². The van der Waals surface area contributed by atoms with Crippen LogP contribution in [0.5, 0.6) is 11.8 Å². The molecule has 4 heterocycles. The Balaban J connectivity index is 1.48. The van der Waals surface area contributed by atoms with E-state index in [2.05, 4.69) is 37.1 Å². The molecule has 0 unspecified atom stereocenters. The number of aromatic amines is 1. The van der Waals surface area contributed by atoms with Gasteiger partial charge in [0.25, 0.3) is 0 Å². The smallest absolute Gasteiger partial charge is 0.326 e. The number of halogens is 1. The largest absolute Gasteiger partial charge is 0.421 e. The first-order valence-electron chi connectivity index (χ1n) is 11.7. The van der Waals surface area contributed by atoms with Crippen LogP contribution >= 0.6 is 0 Å². The Labute approximate surface area is 196 Å². The molecule has 10 heteroatoms. The zero-order valence-electron chi connectivity index (χ0n) is 19.2. The summed E-state index contributed by atoms with van der Waals surface area (Å²) in [5.74, 6) is 1.59. The van der Waals surface area contributed by atoms with E-state index in [1.54, 1.807) is 19.4 Å². The Bertz CT molecular complexity index is 1380. The van der Waals surface area contributed by atoms with E-state index in [9.17, 15) is 4.39 Å². The summed E-state index contributed by atoms with van der Waals surface area (Å²) in [6.45, 7) is 3.58. The van der Waals surface area contributed by atoms with E-state index in [-0.39, 0.29) is 23.3 Å². The highest BCUT2D eigenvalue weighted by molar-refractivity contribution is 6.14. The van der Waals surface area contributed by atoms with E-state index in [0.29, 0.717) is 29.4 Å². The first-order valence-corrected chi connectivity index (χ1v) is 11.7. The van der Waals surface area contributed by atoms with Gasteiger partial charge in [-0.25, -0.2) is 14.4 Å². The zero-order chi connectivity index (χ0) is 23.4. The Hall–Kier alpha value is -3.53. The fraction of sp³-hybridized carbons (Fsp3) is 0.417. The molecule has 1 atom stereocenters. The van der Waals surface area contributed by atoms with Gasteiger partial charge in [-0.3, -0.25) is 0 Å². The second kappa shape index (κ2) is 7.76. The minimum atomic E-state index is -0.329. The number of anilines is 2. The van der Waals surface area contributed by atoms with Crippen LogP contribution in [0.25, 0.3) is 21.9 Å². The van der Waals surface area contributed by atoms with Gasteiger partial charge in [-0.1, -0.05) is 6.92 Å². The fourth-order valence-corrected chi connectivity index (χ4v) is 4.99. The predicted molar refractivity (Wildman–Crippen MR) is 129 cm³/mol. The molecule has 1 aliphatic heterocycles. The summed E-state index contributed by atoms with van der Waals surface area (Å²) in [5.41, 5.74) is 8.63. The maximum atomic E-state index is 14.5. The minimum absolute atomic E-state index is 0.0798. The van der Waals surface area contributed by atoms with Gasteiger partial charge in [0.1, 0.15) is 23.1 Å². The van der Waals surface area contributed by atoms with Crippen LogP contribution in [-0.2, 0) is 6.42 Å². The van der Waals surface area contributed by atoms with E-state index >= 15 is 0 Å². The highest BCUT2D eigenvalue weighted by Gasteiger charge is 2.54. The Morgan fingerprint density at radius 3 is 2.74 bits per heavy atom. The van der Waals surface area contributed by atoms with E-state index in [1.165, 1.54) is 12.1 Å². The molecule has 1 aromatic carbocycles. The van der Waals surface area contributed by atoms with Crippen LogP contribution in [0.4, 0.5) is 15.9 Å². The summed E-state index contributed by atoms with van der Waals surface area (Å²) >= 11 is 0. The van der Waals surface area contributed by atoms with Crippen molar-refractivity contribution in [1.82, 2.24) is 24.9 Å². The van der Waals surface area contributed by atoms with Gasteiger partial charge in [0.05, 0.1) is 29.0 Å². The van der Waals surface area contributed by atoms with Gasteiger partial charge in [-0.2, -0.15) is 9.97 Å². The van der Waals surface area contributed by atoms with Crippen molar-refractivity contribution >= 4 is 33.4 Å². The molecule has 1 saturated heterocycles. The van der Waals surface area contributed by atoms with Crippen molar-refractivity contribution in [2.24, 2.45) is 11.1 Å². The quantitative estimate of drug-likeness (QED) is 0.397. The third-order valence-electron chi connectivity index (χ3n) is 7.02. The lowest BCUT2D eigenvalue weighted by atomic mass is 10.0. The molecule has 4 N–H and O–H groups in total. The van der Waals surface area contributed by atoms with Gasteiger partial charge in [-0.15, -0.1) is 0 Å². The molecule has 34 heavy (non-hydrogen) atoms. The average molecular weight is 463 g/mol. The molecular weight excluding hydrogens is 435 g/mol. The van der Waals surface area contributed by atoms with Gasteiger partial charge < -0.3 is 25.7 Å². The number of hydrogen-bond acceptors (Lipinski definition) is 8. The summed E-state index contributed by atoms with van der Waals surface area (Å²) in [6, 6.07) is 3.24. The Morgan fingerprint density at radius 1 is 1.26 bits per heavy atom. The van der Waals surface area contributed by atoms with E-state index < -0.39 is 0 Å². The summed E-state index contributed by atoms with van der Waals surface area (Å²) in [5, 5.41) is 4.54. The monoisotopic (exact) mass is 462 g/mol. The first-order chi connectivity index (χ1) is 16.5. The number of ether oxygens (including phenoxy) is 1. The third kappa shape index (κ3) is 3.40. The molecule has 2 fully saturated rings. The van der Waals surface area contributed by atoms with Crippen molar-refractivity contribution in [2.75, 3.05) is 30.4 Å². The maximum absolute atomic E-state index is 14.5. The molecule has 6 rings (SSSR count). The SMILES string of the molecule is CCCc1ncc(Oc2nc(N3C[C@H](N)C4(CC4)C3)c3c(n2)[nH]c2c(NC)cc(F)cc23)cn1. The van der Waals surface area contributed by atoms with Crippen LogP contribution < -0.4 is 20.7 Å². The van der Waals surface area contributed by atoms with Crippen molar-refractivity contribution in [1.29, 1.82) is 0 Å². The number of aromatic nitrogens is 5. The second-order valence-electron chi connectivity index (χ2n) is 9.34. The molecule has 1 aliphatic carbocycles. The van der Waals surface area contributed by atoms with Crippen molar-refractivity contribution in [3.63, 3.8) is 0 Å². The molecule has 0 amide bonds. The number of nitrogens with zero attached hydrogens (tertiary/aromatic N) is 5. The molecule has 3 aromatic heterocycles. The number of H-pyrrole nitrogens is 1. The van der Waals surface area contributed by atoms with Gasteiger partial charge in [-0.05, 0) is 31.4 Å². The van der Waals surface area contributed by atoms with Crippen molar-refractivity contribution in [3.05, 3.63) is 36.2 Å². The minimum Gasteiger partial charge on any atom is -0.421 e. The number of hydrogen-bond donors (Lipinski definition) is 3. The number of benzene rings is 1. The molecule has 4 aromatic rings. The number of nitrogens with one attached hydrogen (secondary N) is 2. The summed E-state index contributed by atoms with van der Waals surface area (Å²) in [4.78, 5) is 23.6. The van der Waals surface area contributed by atoms with Gasteiger partial charge >= 0.3 is 6.01 Å². The Kier molecular flexibility index (Phi) is 4.80. The van der Waals surface area contributed by atoms with Crippen LogP contribution in [0.2, 0.25) is 0 Å². The fourth-order valence-electron chi connectivity index (χ4n) is 4.99. The topological polar surface area (TPSA) is 118 Å². The van der Waals surface area contributed by atoms with Crippen molar-refractivity contribution in [2.45, 2.75) is 38.6 Å². The van der Waals surface area contributed by atoms with Crippen molar-refractivity contribution < 1.29 is 9.13 Å². The standard InChI is InChI=1S/C24H27FN8O/c1-3-4-18-28-9-14(10-29-18)34-23-31-21-19(15-7-13(25)8-16(27-2)20(15)30-21)22(32-23)33-11-17(26)24(12-33)5-6-24/h7-10,17,27H,3-6,11-12,26H2,1-2H3,(H,30,31,32)/t17-/m0/s1. The number of aryl methyl sites for hydroxylation is 1. The van der Waals surface area contributed by atoms with Gasteiger partial charge in [0.15, 0.2) is 5.75 Å². The number of nitrogens with two attached hydrogens (primary N) is 1. The van der Waals surface area contributed by atoms with Crippen LogP contribution in [0.1, 0.15) is 32.0 Å². The summed E-state index contributed by atoms with van der Waals surface area (Å²) < 4.78 is 20.5. The van der Waals surface area contributed by atoms with Crippen LogP contribution in [0.15, 0.2) is 24.5 Å². The molecule has 2 aliphatic rings. The van der Waals surface area contributed by atoms with Crippen molar-refractivity contribution in [3.8, 4) is 11.8 Å². The number of fused-ring (bicyclic) bond motifs is 3. The highest BCUT2D eigenvalue weighted by Crippen LogP contribution is 2.53. The number of rotatable bonds is 6. The summed E-state index contributed by atoms with van der Waals surface area (Å²) in [7, 11) is 1.76. The second-order valence-corrected chi connectivity index (χ2v) is 9.34. The molecule has 0 bridgehead atoms. The maximum Gasteiger partial charge on any atom is 0.326 e. The highest BCUT2D eigenvalue weighted by atomic mass is 19.1. The molecule has 9 nitrogen and oxygen atoms in total.